The summed E-state index contributed by atoms with van der Waals surface area (Å²) >= 11 is 0. The minimum atomic E-state index is -0.389. The second kappa shape index (κ2) is 12.0. The molecule has 0 aliphatic carbocycles. The number of rotatable bonds is 9. The smallest absolute Gasteiger partial charge is 0.265 e. The fraction of sp³-hybridized carbons (Fsp3) is 0.393. The minimum Gasteiger partial charge on any atom is -0.489 e. The first kappa shape index (κ1) is 25.6. The lowest BCUT2D eigenvalue weighted by atomic mass is 9.85. The molecule has 0 radical (unpaired) electrons. The number of fused-ring (bicyclic) bond motifs is 1. The molecule has 2 aromatic carbocycles. The van der Waals surface area contributed by atoms with E-state index in [-0.39, 0.29) is 30.2 Å². The van der Waals surface area contributed by atoms with Crippen molar-refractivity contribution in [2.75, 3.05) is 6.54 Å². The number of piperidine rings is 1. The maximum atomic E-state index is 13.0. The zero-order valence-corrected chi connectivity index (χ0v) is 20.9. The van der Waals surface area contributed by atoms with Crippen LogP contribution in [0.4, 0.5) is 0 Å². The molecule has 1 aromatic heterocycles. The van der Waals surface area contributed by atoms with Crippen LogP contribution in [-0.4, -0.2) is 39.6 Å². The van der Waals surface area contributed by atoms with Gasteiger partial charge in [0.25, 0.3) is 5.91 Å². The van der Waals surface area contributed by atoms with Crippen LogP contribution in [0, 0.1) is 12.8 Å². The lowest BCUT2D eigenvalue weighted by molar-refractivity contribution is -0.131. The Labute approximate surface area is 211 Å². The number of benzene rings is 2. The van der Waals surface area contributed by atoms with Crippen molar-refractivity contribution >= 4 is 22.7 Å². The monoisotopic (exact) mass is 490 g/mol. The number of aromatic nitrogens is 1. The number of hydroxylamine groups is 1. The second-order valence-electron chi connectivity index (χ2n) is 9.38. The SMILES string of the molecule is CCC[C@@H]1[C@@H](CC(=O)NO)CCCN1NC(=O)c1ccc(OCc2cc(C)nc3ccccc23)cc1. The Morgan fingerprint density at radius 3 is 2.69 bits per heavy atom. The van der Waals surface area contributed by atoms with Gasteiger partial charge in [0.2, 0.25) is 5.91 Å². The van der Waals surface area contributed by atoms with Crippen molar-refractivity contribution in [3.05, 3.63) is 71.4 Å². The van der Waals surface area contributed by atoms with Gasteiger partial charge >= 0.3 is 0 Å². The molecular formula is C28H34N4O4. The molecular weight excluding hydrogens is 456 g/mol. The largest absolute Gasteiger partial charge is 0.489 e. The van der Waals surface area contributed by atoms with Crippen LogP contribution in [0.15, 0.2) is 54.6 Å². The topological polar surface area (TPSA) is 104 Å². The highest BCUT2D eigenvalue weighted by Crippen LogP contribution is 2.28. The summed E-state index contributed by atoms with van der Waals surface area (Å²) in [4.78, 5) is 29.3. The molecule has 1 fully saturated rings. The highest BCUT2D eigenvalue weighted by molar-refractivity contribution is 5.94. The highest BCUT2D eigenvalue weighted by Gasteiger charge is 2.33. The van der Waals surface area contributed by atoms with E-state index in [1.807, 2.05) is 42.3 Å². The first-order chi connectivity index (χ1) is 17.5. The Kier molecular flexibility index (Phi) is 8.51. The Morgan fingerprint density at radius 2 is 1.94 bits per heavy atom. The Balaban J connectivity index is 1.39. The molecule has 2 heterocycles. The van der Waals surface area contributed by atoms with E-state index >= 15 is 0 Å². The number of carbonyl (C=O) groups is 2. The van der Waals surface area contributed by atoms with Crippen molar-refractivity contribution in [2.45, 2.75) is 58.6 Å². The van der Waals surface area contributed by atoms with E-state index in [9.17, 15) is 9.59 Å². The van der Waals surface area contributed by atoms with Crippen LogP contribution in [0.1, 0.15) is 60.6 Å². The van der Waals surface area contributed by atoms with Gasteiger partial charge in [-0.15, -0.1) is 0 Å². The zero-order chi connectivity index (χ0) is 25.5. The van der Waals surface area contributed by atoms with Crippen molar-refractivity contribution in [3.63, 3.8) is 0 Å². The lowest BCUT2D eigenvalue weighted by Crippen LogP contribution is -2.54. The van der Waals surface area contributed by atoms with Gasteiger partial charge in [0, 0.05) is 41.2 Å². The van der Waals surface area contributed by atoms with Gasteiger partial charge in [-0.25, -0.2) is 10.5 Å². The van der Waals surface area contributed by atoms with Crippen LogP contribution in [0.3, 0.4) is 0 Å². The fourth-order valence-electron chi connectivity index (χ4n) is 5.06. The third-order valence-electron chi connectivity index (χ3n) is 6.76. The zero-order valence-electron chi connectivity index (χ0n) is 20.9. The summed E-state index contributed by atoms with van der Waals surface area (Å²) < 4.78 is 6.02. The number of nitrogens with one attached hydrogen (secondary N) is 2. The number of aryl methyl sites for hydroxylation is 1. The summed E-state index contributed by atoms with van der Waals surface area (Å²) in [6, 6.07) is 17.2. The first-order valence-electron chi connectivity index (χ1n) is 12.6. The van der Waals surface area contributed by atoms with Crippen molar-refractivity contribution in [3.8, 4) is 5.75 Å². The Bertz CT molecular complexity index is 1200. The van der Waals surface area contributed by atoms with Gasteiger partial charge in [-0.05, 0) is 68.5 Å². The van der Waals surface area contributed by atoms with Gasteiger partial charge in [-0.2, -0.15) is 0 Å². The number of hydrogen-bond donors (Lipinski definition) is 3. The van der Waals surface area contributed by atoms with Crippen molar-refractivity contribution in [1.82, 2.24) is 20.9 Å². The van der Waals surface area contributed by atoms with E-state index < -0.39 is 0 Å². The van der Waals surface area contributed by atoms with E-state index in [4.69, 9.17) is 9.94 Å². The molecule has 1 aliphatic rings. The molecule has 1 aliphatic heterocycles. The number of para-hydroxylation sites is 1. The van der Waals surface area contributed by atoms with Crippen molar-refractivity contribution < 1.29 is 19.5 Å². The quantitative estimate of drug-likeness (QED) is 0.300. The van der Waals surface area contributed by atoms with Gasteiger partial charge < -0.3 is 4.74 Å². The fourth-order valence-corrected chi connectivity index (χ4v) is 5.06. The molecule has 0 bridgehead atoms. The van der Waals surface area contributed by atoms with E-state index in [2.05, 4.69) is 17.3 Å². The minimum absolute atomic E-state index is 0.0475. The predicted octanol–water partition coefficient (Wildman–Crippen LogP) is 4.54. The maximum Gasteiger partial charge on any atom is 0.265 e. The van der Waals surface area contributed by atoms with E-state index in [0.717, 1.165) is 54.4 Å². The summed E-state index contributed by atoms with van der Waals surface area (Å²) in [5.74, 6) is 0.183. The number of nitrogens with zero attached hydrogens (tertiary/aromatic N) is 2. The number of hydrazine groups is 1. The number of hydrogen-bond acceptors (Lipinski definition) is 6. The summed E-state index contributed by atoms with van der Waals surface area (Å²) in [5.41, 5.74) is 8.28. The average Bonchev–Trinajstić information content (AvgIpc) is 2.89. The average molecular weight is 491 g/mol. The molecule has 3 N–H and O–H groups in total. The second-order valence-corrected chi connectivity index (χ2v) is 9.38. The van der Waals surface area contributed by atoms with E-state index in [1.54, 1.807) is 29.7 Å². The number of pyridine rings is 1. The standard InChI is InChI=1S/C28H34N4O4/c1-3-7-26-21(17-27(33)31-35)8-6-15-32(26)30-28(34)20-11-13-23(14-12-20)36-18-22-16-19(2)29-25-10-5-4-9-24(22)25/h4-5,9-14,16,21,26,35H,3,6-8,15,17-18H2,1-2H3,(H,30,34)(H,31,33)/t21-,26-/m1/s1. The van der Waals surface area contributed by atoms with E-state index in [1.165, 1.54) is 0 Å². The molecule has 2 atom stereocenters. The van der Waals surface area contributed by atoms with Crippen LogP contribution >= 0.6 is 0 Å². The van der Waals surface area contributed by atoms with Gasteiger partial charge in [0.15, 0.2) is 0 Å². The predicted molar refractivity (Wildman–Crippen MR) is 137 cm³/mol. The first-order valence-corrected chi connectivity index (χ1v) is 12.6. The van der Waals surface area contributed by atoms with Gasteiger partial charge in [0.1, 0.15) is 12.4 Å². The van der Waals surface area contributed by atoms with Crippen LogP contribution in [0.2, 0.25) is 0 Å². The summed E-state index contributed by atoms with van der Waals surface area (Å²) in [5, 5.41) is 12.0. The highest BCUT2D eigenvalue weighted by atomic mass is 16.5. The number of ether oxygens (including phenoxy) is 1. The molecule has 0 saturated carbocycles. The van der Waals surface area contributed by atoms with Gasteiger partial charge in [-0.1, -0.05) is 31.5 Å². The molecule has 8 nitrogen and oxygen atoms in total. The van der Waals surface area contributed by atoms with Gasteiger partial charge in [-0.3, -0.25) is 25.2 Å². The van der Waals surface area contributed by atoms with E-state index in [0.29, 0.717) is 17.9 Å². The van der Waals surface area contributed by atoms with Crippen molar-refractivity contribution in [2.24, 2.45) is 5.92 Å². The molecule has 3 aromatic rings. The Morgan fingerprint density at radius 1 is 1.17 bits per heavy atom. The molecule has 36 heavy (non-hydrogen) atoms. The molecule has 0 spiro atoms. The lowest BCUT2D eigenvalue weighted by Gasteiger charge is -2.41. The van der Waals surface area contributed by atoms with Gasteiger partial charge in [0.05, 0.1) is 5.52 Å². The molecule has 2 amide bonds. The third kappa shape index (κ3) is 6.19. The maximum absolute atomic E-state index is 13.0. The van der Waals surface area contributed by atoms with Crippen LogP contribution in [-0.2, 0) is 11.4 Å². The Hall–Kier alpha value is -3.49. The third-order valence-corrected chi connectivity index (χ3v) is 6.76. The molecule has 4 rings (SSSR count). The molecule has 0 unspecified atom stereocenters. The van der Waals surface area contributed by atoms with Crippen molar-refractivity contribution in [1.29, 1.82) is 0 Å². The summed E-state index contributed by atoms with van der Waals surface area (Å²) in [6.07, 6.45) is 3.81. The number of amides is 2. The molecule has 8 heteroatoms. The van der Waals surface area contributed by atoms with Crippen LogP contribution in [0.25, 0.3) is 10.9 Å². The van der Waals surface area contributed by atoms with Crippen LogP contribution < -0.4 is 15.6 Å². The molecule has 190 valence electrons. The summed E-state index contributed by atoms with van der Waals surface area (Å²) in [6.45, 7) is 5.20. The van der Waals surface area contributed by atoms with Crippen LogP contribution in [0.5, 0.6) is 5.75 Å². The normalized spacial score (nSPS) is 18.1. The number of carbonyl (C=O) groups excluding carboxylic acids is 2. The summed E-state index contributed by atoms with van der Waals surface area (Å²) in [7, 11) is 0. The molecule has 1 saturated heterocycles.